The van der Waals surface area contributed by atoms with Crippen LogP contribution in [0.25, 0.3) is 0 Å². The van der Waals surface area contributed by atoms with Gasteiger partial charge in [-0.3, -0.25) is 4.79 Å². The number of carbonyl (C=O) groups is 1. The van der Waals surface area contributed by atoms with Gasteiger partial charge in [0, 0.05) is 17.7 Å². The molecule has 118 valence electrons. The normalized spacial score (nSPS) is 25.6. The van der Waals surface area contributed by atoms with Gasteiger partial charge < -0.3 is 4.90 Å². The van der Waals surface area contributed by atoms with Crippen molar-refractivity contribution in [2.45, 2.75) is 44.1 Å². The lowest BCUT2D eigenvalue weighted by Crippen LogP contribution is -2.50. The second-order valence-electron chi connectivity index (χ2n) is 6.49. The van der Waals surface area contributed by atoms with E-state index < -0.39 is 5.54 Å². The smallest absolute Gasteiger partial charge is 0.273 e. The molecule has 0 saturated heterocycles. The van der Waals surface area contributed by atoms with Gasteiger partial charge in [0.1, 0.15) is 11.4 Å². The highest BCUT2D eigenvalue weighted by Gasteiger charge is 2.49. The van der Waals surface area contributed by atoms with Gasteiger partial charge in [-0.2, -0.15) is 4.99 Å². The van der Waals surface area contributed by atoms with Crippen LogP contribution in [0.3, 0.4) is 0 Å². The van der Waals surface area contributed by atoms with Crippen molar-refractivity contribution in [1.82, 2.24) is 4.90 Å². The molecule has 2 aliphatic heterocycles. The first kappa shape index (κ1) is 14.7. The summed E-state index contributed by atoms with van der Waals surface area (Å²) in [6.07, 6.45) is 20.2. The Labute approximate surface area is 141 Å². The van der Waals surface area contributed by atoms with Crippen molar-refractivity contribution in [2.24, 2.45) is 4.99 Å². The van der Waals surface area contributed by atoms with Gasteiger partial charge in [-0.25, -0.2) is 0 Å². The predicted molar refractivity (Wildman–Crippen MR) is 93.1 cm³/mol. The maximum Gasteiger partial charge on any atom is 0.273 e. The van der Waals surface area contributed by atoms with Crippen molar-refractivity contribution in [3.05, 3.63) is 58.8 Å². The van der Waals surface area contributed by atoms with E-state index in [1.54, 1.807) is 0 Å². The van der Waals surface area contributed by atoms with Crippen LogP contribution >= 0.6 is 11.6 Å². The molecule has 4 aliphatic rings. The third-order valence-corrected chi connectivity index (χ3v) is 5.37. The Bertz CT molecular complexity index is 730. The second-order valence-corrected chi connectivity index (χ2v) is 6.98. The summed E-state index contributed by atoms with van der Waals surface area (Å²) >= 11 is 6.10. The van der Waals surface area contributed by atoms with E-state index in [9.17, 15) is 4.79 Å². The zero-order valence-electron chi connectivity index (χ0n) is 13.0. The van der Waals surface area contributed by atoms with Gasteiger partial charge in [-0.1, -0.05) is 49.1 Å². The molecule has 0 radical (unpaired) electrons. The minimum Gasteiger partial charge on any atom is -0.317 e. The molecule has 0 unspecified atom stereocenters. The molecule has 1 fully saturated rings. The summed E-state index contributed by atoms with van der Waals surface area (Å²) < 4.78 is 0. The van der Waals surface area contributed by atoms with Gasteiger partial charge in [-0.05, 0) is 42.2 Å². The quantitative estimate of drug-likeness (QED) is 0.715. The molecule has 4 rings (SSSR count). The highest BCUT2D eigenvalue weighted by Crippen LogP contribution is 2.41. The molecular formula is C19H19ClN2O. The standard InChI is InChI=1S/C19H19ClN2O/c20-16-6-4-5-14(7-9-16)15-8-10-17-21-18(23)19(22(17)13-15)11-2-1-3-12-19/h4-8,10,13H,1-3,9,11-12H2. The summed E-state index contributed by atoms with van der Waals surface area (Å²) in [5, 5.41) is 0.832. The first-order valence-electron chi connectivity index (χ1n) is 8.25. The molecule has 4 heteroatoms. The van der Waals surface area contributed by atoms with Crippen molar-refractivity contribution in [1.29, 1.82) is 0 Å². The summed E-state index contributed by atoms with van der Waals surface area (Å²) in [7, 11) is 0. The van der Waals surface area contributed by atoms with E-state index in [4.69, 9.17) is 11.6 Å². The second kappa shape index (κ2) is 5.64. The zero-order chi connectivity index (χ0) is 15.9. The summed E-state index contributed by atoms with van der Waals surface area (Å²) in [5.74, 6) is 0.819. The number of amidine groups is 1. The summed E-state index contributed by atoms with van der Waals surface area (Å²) in [4.78, 5) is 19.0. The van der Waals surface area contributed by atoms with Crippen molar-refractivity contribution in [2.75, 3.05) is 0 Å². The fourth-order valence-corrected chi connectivity index (χ4v) is 3.96. The molecule has 3 nitrogen and oxygen atoms in total. The fourth-order valence-electron chi connectivity index (χ4n) is 3.81. The van der Waals surface area contributed by atoms with Crippen LogP contribution in [-0.4, -0.2) is 22.2 Å². The topological polar surface area (TPSA) is 32.7 Å². The van der Waals surface area contributed by atoms with E-state index in [1.807, 2.05) is 24.3 Å². The molecule has 23 heavy (non-hydrogen) atoms. The predicted octanol–water partition coefficient (Wildman–Crippen LogP) is 4.39. The Morgan fingerprint density at radius 1 is 1.09 bits per heavy atom. The van der Waals surface area contributed by atoms with E-state index in [2.05, 4.69) is 28.2 Å². The monoisotopic (exact) mass is 326 g/mol. The van der Waals surface area contributed by atoms with Gasteiger partial charge in [0.05, 0.1) is 0 Å². The lowest BCUT2D eigenvalue weighted by molar-refractivity contribution is -0.126. The Hall–Kier alpha value is -1.87. The maximum atomic E-state index is 12.6. The van der Waals surface area contributed by atoms with E-state index in [1.165, 1.54) is 6.42 Å². The number of hydrogen-bond acceptors (Lipinski definition) is 2. The molecule has 1 spiro atoms. The number of nitrogens with zero attached hydrogens (tertiary/aromatic N) is 2. The highest BCUT2D eigenvalue weighted by molar-refractivity contribution is 6.29. The first-order valence-corrected chi connectivity index (χ1v) is 8.62. The minimum absolute atomic E-state index is 0.0319. The molecule has 0 aromatic rings. The van der Waals surface area contributed by atoms with Crippen LogP contribution < -0.4 is 0 Å². The highest BCUT2D eigenvalue weighted by atomic mass is 35.5. The Kier molecular flexibility index (Phi) is 3.61. The van der Waals surface area contributed by atoms with E-state index in [0.29, 0.717) is 0 Å². The van der Waals surface area contributed by atoms with Gasteiger partial charge in [0.2, 0.25) is 0 Å². The lowest BCUT2D eigenvalue weighted by atomic mass is 9.80. The van der Waals surface area contributed by atoms with E-state index in [0.717, 1.165) is 54.1 Å². The number of hydrogen-bond donors (Lipinski definition) is 0. The number of aliphatic imine (C=N–C) groups is 1. The SMILES string of the molecule is O=C1N=C2C=CC(C3=CCC(Cl)=CC=C3)=CN2C12CCCCC2. The molecule has 0 aromatic heterocycles. The lowest BCUT2D eigenvalue weighted by Gasteiger charge is -2.40. The van der Waals surface area contributed by atoms with Gasteiger partial charge >= 0.3 is 0 Å². The van der Waals surface area contributed by atoms with E-state index in [-0.39, 0.29) is 5.91 Å². The molecule has 0 bridgehead atoms. The molecule has 0 aromatic carbocycles. The number of carbonyl (C=O) groups excluding carboxylic acids is 1. The average Bonchev–Trinajstić information content (AvgIpc) is 2.72. The van der Waals surface area contributed by atoms with Crippen LogP contribution in [0.4, 0.5) is 0 Å². The van der Waals surface area contributed by atoms with Crippen molar-refractivity contribution in [3.63, 3.8) is 0 Å². The van der Waals surface area contributed by atoms with Crippen LogP contribution in [0, 0.1) is 0 Å². The third-order valence-electron chi connectivity index (χ3n) is 5.09. The molecule has 1 saturated carbocycles. The van der Waals surface area contributed by atoms with Crippen molar-refractivity contribution < 1.29 is 4.79 Å². The van der Waals surface area contributed by atoms with Crippen LogP contribution in [0.15, 0.2) is 63.8 Å². The molecule has 2 aliphatic carbocycles. The Morgan fingerprint density at radius 2 is 1.91 bits per heavy atom. The Balaban J connectivity index is 1.69. The number of halogens is 1. The van der Waals surface area contributed by atoms with Gasteiger partial charge in [0.25, 0.3) is 5.91 Å². The van der Waals surface area contributed by atoms with Crippen LogP contribution in [0.1, 0.15) is 38.5 Å². The van der Waals surface area contributed by atoms with E-state index >= 15 is 0 Å². The largest absolute Gasteiger partial charge is 0.317 e. The van der Waals surface area contributed by atoms with Crippen molar-refractivity contribution in [3.8, 4) is 0 Å². The van der Waals surface area contributed by atoms with Crippen LogP contribution in [0.2, 0.25) is 0 Å². The molecule has 0 N–H and O–H groups in total. The molecule has 0 atom stereocenters. The molecule has 2 heterocycles. The summed E-state index contributed by atoms with van der Waals surface area (Å²) in [5.41, 5.74) is 1.81. The summed E-state index contributed by atoms with van der Waals surface area (Å²) in [6, 6.07) is 0. The number of fused-ring (bicyclic) bond motifs is 2. The number of amides is 1. The average molecular weight is 327 g/mol. The zero-order valence-corrected chi connectivity index (χ0v) is 13.7. The number of rotatable bonds is 1. The van der Waals surface area contributed by atoms with Crippen LogP contribution in [-0.2, 0) is 4.79 Å². The minimum atomic E-state index is -0.436. The third kappa shape index (κ3) is 2.43. The van der Waals surface area contributed by atoms with Crippen LogP contribution in [0.5, 0.6) is 0 Å². The Morgan fingerprint density at radius 3 is 2.74 bits per heavy atom. The first-order chi connectivity index (χ1) is 11.2. The summed E-state index contributed by atoms with van der Waals surface area (Å²) in [6.45, 7) is 0. The molecule has 1 amide bonds. The fraction of sp³-hybridized carbons (Fsp3) is 0.368. The van der Waals surface area contributed by atoms with Gasteiger partial charge in [0.15, 0.2) is 0 Å². The number of allylic oxidation sites excluding steroid dienone is 8. The molecular weight excluding hydrogens is 308 g/mol. The van der Waals surface area contributed by atoms with Gasteiger partial charge in [-0.15, -0.1) is 0 Å². The maximum absolute atomic E-state index is 12.6. The van der Waals surface area contributed by atoms with Crippen molar-refractivity contribution >= 4 is 23.3 Å².